The zero-order chi connectivity index (χ0) is 13.9. The Morgan fingerprint density at radius 3 is 2.40 bits per heavy atom. The molecule has 0 radical (unpaired) electrons. The van der Waals surface area contributed by atoms with Crippen LogP contribution in [-0.4, -0.2) is 6.54 Å². The molecule has 0 amide bonds. The van der Waals surface area contributed by atoms with E-state index in [4.69, 9.17) is 5.73 Å². The van der Waals surface area contributed by atoms with E-state index in [1.807, 2.05) is 0 Å². The minimum absolute atomic E-state index is 0.599. The molecule has 0 aliphatic heterocycles. The summed E-state index contributed by atoms with van der Waals surface area (Å²) >= 11 is 3.49. The van der Waals surface area contributed by atoms with Crippen LogP contribution in [0.25, 0.3) is 0 Å². The van der Waals surface area contributed by atoms with Gasteiger partial charge in [0.15, 0.2) is 0 Å². The smallest absolute Gasteiger partial charge is 0.0175 e. The maximum Gasteiger partial charge on any atom is 0.0175 e. The van der Waals surface area contributed by atoms with Gasteiger partial charge < -0.3 is 5.73 Å². The van der Waals surface area contributed by atoms with Crippen molar-refractivity contribution < 1.29 is 0 Å². The molecule has 1 saturated carbocycles. The lowest BCUT2D eigenvalue weighted by atomic mass is 9.92. The van der Waals surface area contributed by atoms with Crippen molar-refractivity contribution in [2.45, 2.75) is 18.8 Å². The van der Waals surface area contributed by atoms with Crippen molar-refractivity contribution in [3.63, 3.8) is 0 Å². The SMILES string of the molecule is NCC(Cc1ccc(Br)cc1)C1CC1c1ccccc1. The summed E-state index contributed by atoms with van der Waals surface area (Å²) in [5, 5.41) is 0. The first-order valence-electron chi connectivity index (χ1n) is 7.27. The van der Waals surface area contributed by atoms with E-state index in [9.17, 15) is 0 Å². The molecule has 2 N–H and O–H groups in total. The normalized spacial score (nSPS) is 22.5. The van der Waals surface area contributed by atoms with Crippen molar-refractivity contribution in [1.29, 1.82) is 0 Å². The van der Waals surface area contributed by atoms with Crippen molar-refractivity contribution in [3.8, 4) is 0 Å². The number of hydrogen-bond acceptors (Lipinski definition) is 1. The molecule has 20 heavy (non-hydrogen) atoms. The van der Waals surface area contributed by atoms with E-state index in [-0.39, 0.29) is 0 Å². The van der Waals surface area contributed by atoms with Gasteiger partial charge >= 0.3 is 0 Å². The summed E-state index contributed by atoms with van der Waals surface area (Å²) in [5.41, 5.74) is 8.89. The lowest BCUT2D eigenvalue weighted by Gasteiger charge is -2.15. The molecule has 1 fully saturated rings. The van der Waals surface area contributed by atoms with Gasteiger partial charge in [0.2, 0.25) is 0 Å². The highest BCUT2D eigenvalue weighted by molar-refractivity contribution is 9.10. The molecular formula is C18H20BrN. The van der Waals surface area contributed by atoms with E-state index >= 15 is 0 Å². The molecule has 104 valence electrons. The zero-order valence-corrected chi connectivity index (χ0v) is 13.1. The summed E-state index contributed by atoms with van der Waals surface area (Å²) in [5.74, 6) is 2.08. The first-order chi connectivity index (χ1) is 9.78. The van der Waals surface area contributed by atoms with Crippen LogP contribution in [0.15, 0.2) is 59.1 Å². The van der Waals surface area contributed by atoms with Gasteiger partial charge in [-0.05, 0) is 60.4 Å². The topological polar surface area (TPSA) is 26.0 Å². The van der Waals surface area contributed by atoms with E-state index in [2.05, 4.69) is 70.5 Å². The first kappa shape index (κ1) is 13.8. The van der Waals surface area contributed by atoms with Crippen LogP contribution in [0.3, 0.4) is 0 Å². The third-order valence-electron chi connectivity index (χ3n) is 4.39. The molecule has 3 unspecified atom stereocenters. The van der Waals surface area contributed by atoms with Gasteiger partial charge in [-0.3, -0.25) is 0 Å². The molecule has 1 aliphatic carbocycles. The molecule has 0 spiro atoms. The second-order valence-corrected chi connectivity index (χ2v) is 6.66. The van der Waals surface area contributed by atoms with E-state index in [1.54, 1.807) is 0 Å². The quantitative estimate of drug-likeness (QED) is 0.865. The van der Waals surface area contributed by atoms with Gasteiger partial charge in [-0.2, -0.15) is 0 Å². The monoisotopic (exact) mass is 329 g/mol. The van der Waals surface area contributed by atoms with Gasteiger partial charge in [0.05, 0.1) is 0 Å². The molecule has 3 rings (SSSR count). The van der Waals surface area contributed by atoms with Crippen LogP contribution < -0.4 is 5.73 Å². The molecular weight excluding hydrogens is 310 g/mol. The Morgan fingerprint density at radius 1 is 1.05 bits per heavy atom. The molecule has 0 saturated heterocycles. The van der Waals surface area contributed by atoms with E-state index in [0.717, 1.165) is 29.3 Å². The third-order valence-corrected chi connectivity index (χ3v) is 4.92. The maximum atomic E-state index is 6.02. The highest BCUT2D eigenvalue weighted by atomic mass is 79.9. The molecule has 2 aromatic carbocycles. The molecule has 0 aromatic heterocycles. The highest BCUT2D eigenvalue weighted by Crippen LogP contribution is 2.52. The largest absolute Gasteiger partial charge is 0.330 e. The minimum Gasteiger partial charge on any atom is -0.330 e. The van der Waals surface area contributed by atoms with Crippen LogP contribution >= 0.6 is 15.9 Å². The second kappa shape index (κ2) is 6.11. The Bertz CT molecular complexity index is 549. The van der Waals surface area contributed by atoms with Gasteiger partial charge in [-0.1, -0.05) is 58.4 Å². The van der Waals surface area contributed by atoms with Crippen LogP contribution in [0.4, 0.5) is 0 Å². The lowest BCUT2D eigenvalue weighted by Crippen LogP contribution is -2.19. The van der Waals surface area contributed by atoms with E-state index in [0.29, 0.717) is 5.92 Å². The Balaban J connectivity index is 1.65. The molecule has 1 nitrogen and oxygen atoms in total. The van der Waals surface area contributed by atoms with Gasteiger partial charge in [0.25, 0.3) is 0 Å². The van der Waals surface area contributed by atoms with E-state index in [1.165, 1.54) is 17.5 Å². The Kier molecular flexibility index (Phi) is 4.23. The van der Waals surface area contributed by atoms with Gasteiger partial charge in [-0.25, -0.2) is 0 Å². The third kappa shape index (κ3) is 3.13. The predicted octanol–water partition coefficient (Wildman–Crippen LogP) is 4.37. The summed E-state index contributed by atoms with van der Waals surface area (Å²) in [6, 6.07) is 19.5. The summed E-state index contributed by atoms with van der Waals surface area (Å²) in [7, 11) is 0. The highest BCUT2D eigenvalue weighted by Gasteiger charge is 2.42. The fourth-order valence-electron chi connectivity index (χ4n) is 3.15. The predicted molar refractivity (Wildman–Crippen MR) is 87.7 cm³/mol. The first-order valence-corrected chi connectivity index (χ1v) is 8.06. The number of benzene rings is 2. The fraction of sp³-hybridized carbons (Fsp3) is 0.333. The molecule has 2 heteroatoms. The second-order valence-electron chi connectivity index (χ2n) is 5.74. The maximum absolute atomic E-state index is 6.02. The minimum atomic E-state index is 0.599. The Labute approximate surface area is 129 Å². The van der Waals surface area contributed by atoms with Crippen LogP contribution in [0, 0.1) is 11.8 Å². The van der Waals surface area contributed by atoms with Crippen molar-refractivity contribution in [2.75, 3.05) is 6.54 Å². The van der Waals surface area contributed by atoms with Gasteiger partial charge in [0.1, 0.15) is 0 Å². The van der Waals surface area contributed by atoms with Crippen molar-refractivity contribution in [2.24, 2.45) is 17.6 Å². The zero-order valence-electron chi connectivity index (χ0n) is 11.5. The van der Waals surface area contributed by atoms with Crippen LogP contribution in [0.5, 0.6) is 0 Å². The lowest BCUT2D eigenvalue weighted by molar-refractivity contribution is 0.461. The Morgan fingerprint density at radius 2 is 1.75 bits per heavy atom. The molecule has 1 aliphatic rings. The van der Waals surface area contributed by atoms with Crippen molar-refractivity contribution in [1.82, 2.24) is 0 Å². The van der Waals surface area contributed by atoms with Gasteiger partial charge in [0, 0.05) is 4.47 Å². The number of halogens is 1. The summed E-state index contributed by atoms with van der Waals surface area (Å²) in [4.78, 5) is 0. The van der Waals surface area contributed by atoms with Crippen molar-refractivity contribution in [3.05, 3.63) is 70.2 Å². The molecule has 3 atom stereocenters. The summed E-state index contributed by atoms with van der Waals surface area (Å²) in [6.07, 6.45) is 2.39. The van der Waals surface area contributed by atoms with Crippen molar-refractivity contribution >= 4 is 15.9 Å². The van der Waals surface area contributed by atoms with Crippen LogP contribution in [0.1, 0.15) is 23.5 Å². The van der Waals surface area contributed by atoms with E-state index < -0.39 is 0 Å². The molecule has 0 heterocycles. The molecule has 0 bridgehead atoms. The average Bonchev–Trinajstić information content (AvgIpc) is 3.28. The Hall–Kier alpha value is -1.12. The number of rotatable bonds is 5. The number of hydrogen-bond donors (Lipinski definition) is 1. The van der Waals surface area contributed by atoms with Crippen LogP contribution in [-0.2, 0) is 6.42 Å². The standard InChI is InChI=1S/C18H20BrN/c19-16-8-6-13(7-9-16)10-15(12-20)18-11-17(18)14-4-2-1-3-5-14/h1-9,15,17-18H,10-12,20H2. The van der Waals surface area contributed by atoms with Gasteiger partial charge in [-0.15, -0.1) is 0 Å². The summed E-state index contributed by atoms with van der Waals surface area (Å²) < 4.78 is 1.14. The fourth-order valence-corrected chi connectivity index (χ4v) is 3.42. The number of nitrogens with two attached hydrogens (primary N) is 1. The average molecular weight is 330 g/mol. The summed E-state index contributed by atoms with van der Waals surface area (Å²) in [6.45, 7) is 0.782. The van der Waals surface area contributed by atoms with Crippen LogP contribution in [0.2, 0.25) is 0 Å². The molecule has 2 aromatic rings.